The molecule has 12 N–H and O–H groups in total. The molecule has 0 aromatic carbocycles. The molecule has 0 aliphatic carbocycles. The molecule has 0 fully saturated rings. The van der Waals surface area contributed by atoms with Crippen molar-refractivity contribution in [3.05, 3.63) is 0 Å². The number of hydrogen-bond donors (Lipinski definition) is 0. The summed E-state index contributed by atoms with van der Waals surface area (Å²) in [6.07, 6.45) is 0. The maximum Gasteiger partial charge on any atom is 2.00 e. The van der Waals surface area contributed by atoms with Gasteiger partial charge in [-0.1, -0.05) is 0 Å². The van der Waals surface area contributed by atoms with Gasteiger partial charge in [0.25, 0.3) is 0 Å². The molecule has 0 atom stereocenters. The van der Waals surface area contributed by atoms with E-state index in [9.17, 15) is 51.9 Å². The van der Waals surface area contributed by atoms with Gasteiger partial charge >= 0.3 is 126 Å². The van der Waals surface area contributed by atoms with Gasteiger partial charge in [-0.15, -0.1) is 0 Å². The van der Waals surface area contributed by atoms with Crippen molar-refractivity contribution >= 4 is 64.6 Å². The van der Waals surface area contributed by atoms with Crippen LogP contribution in [-0.2, 0) is 48.9 Å². The van der Waals surface area contributed by atoms with Crippen LogP contribution in [-0.4, -0.2) is 108 Å². The molecule has 0 unspecified atom stereocenters. The molecule has 0 saturated carbocycles. The zero-order valence-corrected chi connectivity index (χ0v) is 24.0. The Balaban J connectivity index is -0.0000000158. The van der Waals surface area contributed by atoms with E-state index in [1.54, 1.807) is 0 Å². The van der Waals surface area contributed by atoms with Gasteiger partial charge in [-0.3, -0.25) is 0 Å². The molecule has 0 aromatic heterocycles. The Morgan fingerprint density at radius 3 is 0.481 bits per heavy atom. The Bertz CT molecular complexity index is 544. The average molecular weight is 563 g/mol. The molecule has 0 rings (SSSR count). The van der Waals surface area contributed by atoms with Crippen LogP contribution in [0.15, 0.2) is 0 Å². The molecule has 0 heterocycles. The van der Waals surface area contributed by atoms with Gasteiger partial charge in [-0.25, -0.2) is 33.7 Å². The molecule has 0 amide bonds. The van der Waals surface area contributed by atoms with Crippen LogP contribution in [0.4, 0.5) is 0 Å². The Hall–Kier alpha value is 3.36. The SMILES string of the molecule is O.O.O.O.O.O.O=S(=O)([O-])OS(=O)(=O)[O-].O=S(=O)([O-])OS(=O)(=O)[O-].[K+].[K+].[Mg+2]. The summed E-state index contributed by atoms with van der Waals surface area (Å²) in [7, 11) is -21.7. The summed E-state index contributed by atoms with van der Waals surface area (Å²) in [4.78, 5) is 0. The first-order valence-electron chi connectivity index (χ1n) is 2.67. The minimum atomic E-state index is -5.43. The van der Waals surface area contributed by atoms with E-state index in [2.05, 4.69) is 7.26 Å². The second kappa shape index (κ2) is 27.4. The van der Waals surface area contributed by atoms with Crippen molar-refractivity contribution in [1.82, 2.24) is 0 Å². The molecule has 0 saturated heterocycles. The van der Waals surface area contributed by atoms with Crippen molar-refractivity contribution in [2.24, 2.45) is 0 Å². The van der Waals surface area contributed by atoms with Crippen molar-refractivity contribution in [3.8, 4) is 0 Å². The molecule has 20 nitrogen and oxygen atoms in total. The van der Waals surface area contributed by atoms with Gasteiger partial charge in [0.1, 0.15) is 0 Å². The van der Waals surface area contributed by atoms with Crippen LogP contribution in [0.1, 0.15) is 0 Å². The molecule has 0 aliphatic heterocycles. The van der Waals surface area contributed by atoms with Gasteiger partial charge in [-0.2, -0.15) is 7.26 Å². The van der Waals surface area contributed by atoms with Crippen LogP contribution < -0.4 is 103 Å². The summed E-state index contributed by atoms with van der Waals surface area (Å²) in [5.74, 6) is 0. The van der Waals surface area contributed by atoms with Gasteiger partial charge in [0.15, 0.2) is 0 Å². The van der Waals surface area contributed by atoms with Crippen LogP contribution in [0.5, 0.6) is 0 Å². The van der Waals surface area contributed by atoms with Gasteiger partial charge in [0.05, 0.1) is 0 Å². The molecule has 27 heavy (non-hydrogen) atoms. The van der Waals surface area contributed by atoms with Gasteiger partial charge in [-0.05, 0) is 0 Å². The van der Waals surface area contributed by atoms with Crippen molar-refractivity contribution in [2.45, 2.75) is 0 Å². The Kier molecular flexibility index (Phi) is 70.8. The predicted octanol–water partition coefficient (Wildman–Crippen LogP) is -15.5. The van der Waals surface area contributed by atoms with E-state index < -0.39 is 41.6 Å². The monoisotopic (exact) mass is 562 g/mol. The van der Waals surface area contributed by atoms with Crippen LogP contribution in [0.2, 0.25) is 0 Å². The molecular formula is H12K2MgO20S4. The van der Waals surface area contributed by atoms with E-state index in [4.69, 9.17) is 0 Å². The summed E-state index contributed by atoms with van der Waals surface area (Å²) in [5, 5.41) is 0. The fraction of sp³-hybridized carbons (Fsp3) is 0. The minimum absolute atomic E-state index is 0. The van der Waals surface area contributed by atoms with Crippen molar-refractivity contribution in [3.63, 3.8) is 0 Å². The Morgan fingerprint density at radius 2 is 0.481 bits per heavy atom. The molecular weight excluding hydrogens is 551 g/mol. The summed E-state index contributed by atoms with van der Waals surface area (Å²) in [5.41, 5.74) is 0. The van der Waals surface area contributed by atoms with E-state index in [0.29, 0.717) is 0 Å². The molecule has 0 spiro atoms. The van der Waals surface area contributed by atoms with E-state index in [-0.39, 0.29) is 159 Å². The number of hydrogen-bond acceptors (Lipinski definition) is 14. The summed E-state index contributed by atoms with van der Waals surface area (Å²) < 4.78 is 116. The van der Waals surface area contributed by atoms with E-state index in [0.717, 1.165) is 0 Å². The van der Waals surface area contributed by atoms with Crippen molar-refractivity contribution in [2.75, 3.05) is 0 Å². The first kappa shape index (κ1) is 69.8. The zero-order valence-electron chi connectivity index (χ0n) is 13.1. The van der Waals surface area contributed by atoms with Gasteiger partial charge in [0.2, 0.25) is 41.6 Å². The van der Waals surface area contributed by atoms with E-state index >= 15 is 0 Å². The van der Waals surface area contributed by atoms with Crippen LogP contribution in [0.25, 0.3) is 0 Å². The Labute approximate surface area is 254 Å². The van der Waals surface area contributed by atoms with Crippen LogP contribution in [0.3, 0.4) is 0 Å². The van der Waals surface area contributed by atoms with Crippen molar-refractivity contribution in [1.29, 1.82) is 0 Å². The summed E-state index contributed by atoms with van der Waals surface area (Å²) in [6.45, 7) is 0. The summed E-state index contributed by atoms with van der Waals surface area (Å²) >= 11 is 0. The maximum absolute atomic E-state index is 9.29. The van der Waals surface area contributed by atoms with E-state index in [1.807, 2.05) is 0 Å². The Morgan fingerprint density at radius 1 is 0.407 bits per heavy atom. The predicted molar refractivity (Wildman–Crippen MR) is 68.4 cm³/mol. The fourth-order valence-corrected chi connectivity index (χ4v) is 1.84. The molecule has 0 bridgehead atoms. The van der Waals surface area contributed by atoms with Gasteiger partial charge in [0, 0.05) is 0 Å². The standard InChI is InChI=1S/2K.Mg.2H2O7S2.6H2O/c;;;2*1-8(2,3)7-9(4,5)6;;;;;;/h;;;2*(H,1,2,3)(H,4,5,6);6*1H2/q2*+1;+2;;;;;;;;/p-4. The normalized spacial score (nSPS) is 9.04. The first-order chi connectivity index (χ1) is 7.41. The molecule has 0 aliphatic rings. The summed E-state index contributed by atoms with van der Waals surface area (Å²) in [6, 6.07) is 0. The third kappa shape index (κ3) is 93.2. The third-order valence-corrected chi connectivity index (χ3v) is 3.00. The fourth-order valence-electron chi connectivity index (χ4n) is 0.204. The third-order valence-electron chi connectivity index (χ3n) is 0.333. The average Bonchev–Trinajstić information content (AvgIpc) is 1.64. The van der Waals surface area contributed by atoms with Crippen LogP contribution >= 0.6 is 0 Å². The minimum Gasteiger partial charge on any atom is -0.725 e. The molecule has 160 valence electrons. The zero-order chi connectivity index (χ0) is 15.4. The second-order valence-corrected chi connectivity index (χ2v) is 6.12. The quantitative estimate of drug-likeness (QED) is 0.174. The first-order valence-corrected chi connectivity index (χ1v) is 8.00. The van der Waals surface area contributed by atoms with Gasteiger partial charge < -0.3 is 51.1 Å². The molecule has 0 radical (unpaired) electrons. The number of rotatable bonds is 4. The van der Waals surface area contributed by atoms with Crippen LogP contribution in [0, 0.1) is 0 Å². The van der Waals surface area contributed by atoms with E-state index in [1.165, 1.54) is 0 Å². The smallest absolute Gasteiger partial charge is 0.725 e. The molecule has 0 aromatic rings. The second-order valence-electron chi connectivity index (χ2n) is 1.77. The topological polar surface area (TPSA) is 436 Å². The van der Waals surface area contributed by atoms with Crippen molar-refractivity contribution < 1.29 is 195 Å². The molecule has 27 heteroatoms. The maximum atomic E-state index is 9.29. The largest absolute Gasteiger partial charge is 2.00 e.